The lowest BCUT2D eigenvalue weighted by atomic mass is 9.82. The normalized spacial score (nSPS) is 21.9. The Morgan fingerprint density at radius 2 is 2.15 bits per heavy atom. The van der Waals surface area contributed by atoms with E-state index >= 15 is 0 Å². The fraction of sp³-hybridized carbons (Fsp3) is 0.538. The van der Waals surface area contributed by atoms with Crippen molar-refractivity contribution in [3.8, 4) is 11.9 Å². The first-order chi connectivity index (χ1) is 9.44. The maximum absolute atomic E-state index is 12.6. The lowest BCUT2D eigenvalue weighted by Gasteiger charge is -2.35. The van der Waals surface area contributed by atoms with Crippen molar-refractivity contribution in [2.45, 2.75) is 25.1 Å². The van der Waals surface area contributed by atoms with Gasteiger partial charge in [0.05, 0.1) is 0 Å². The monoisotopic (exact) mass is 285 g/mol. The van der Waals surface area contributed by atoms with E-state index in [-0.39, 0.29) is 17.5 Å². The predicted octanol–water partition coefficient (Wildman–Crippen LogP) is 2.35. The van der Waals surface area contributed by atoms with Gasteiger partial charge in [0, 0.05) is 0 Å². The number of nitriles is 1. The highest BCUT2D eigenvalue weighted by molar-refractivity contribution is 5.39. The molecule has 20 heavy (non-hydrogen) atoms. The van der Waals surface area contributed by atoms with Crippen molar-refractivity contribution in [1.29, 1.82) is 5.26 Å². The molecule has 1 aromatic heterocycles. The highest BCUT2D eigenvalue weighted by Gasteiger charge is 2.35. The number of nitrogens with one attached hydrogen (secondary N) is 1. The van der Waals surface area contributed by atoms with Gasteiger partial charge in [0.25, 0.3) is 0 Å². The summed E-state index contributed by atoms with van der Waals surface area (Å²) in [4.78, 5) is 3.42. The van der Waals surface area contributed by atoms with Gasteiger partial charge in [-0.2, -0.15) is 18.4 Å². The molecule has 7 heteroatoms. The van der Waals surface area contributed by atoms with Gasteiger partial charge < -0.3 is 10.1 Å². The summed E-state index contributed by atoms with van der Waals surface area (Å²) in [7, 11) is 1.84. The topological polar surface area (TPSA) is 57.9 Å². The van der Waals surface area contributed by atoms with Crippen LogP contribution in [0.2, 0.25) is 0 Å². The number of rotatable bonds is 4. The van der Waals surface area contributed by atoms with Crippen molar-refractivity contribution >= 4 is 0 Å². The van der Waals surface area contributed by atoms with Gasteiger partial charge in [-0.3, -0.25) is 0 Å². The fourth-order valence-corrected chi connectivity index (χ4v) is 2.16. The van der Waals surface area contributed by atoms with Crippen molar-refractivity contribution in [2.75, 3.05) is 13.6 Å². The zero-order valence-electron chi connectivity index (χ0n) is 10.9. The van der Waals surface area contributed by atoms with Crippen LogP contribution < -0.4 is 10.1 Å². The second kappa shape index (κ2) is 5.67. The lowest BCUT2D eigenvalue weighted by Crippen LogP contribution is -2.39. The van der Waals surface area contributed by atoms with Crippen molar-refractivity contribution in [1.82, 2.24) is 10.3 Å². The molecule has 1 N–H and O–H groups in total. The number of ether oxygens (including phenoxy) is 1. The molecule has 2 rings (SSSR count). The lowest BCUT2D eigenvalue weighted by molar-refractivity contribution is -0.141. The molecule has 1 aliphatic rings. The highest BCUT2D eigenvalue weighted by Crippen LogP contribution is 2.34. The first-order valence-electron chi connectivity index (χ1n) is 6.23. The molecule has 0 atom stereocenters. The smallest absolute Gasteiger partial charge is 0.433 e. The van der Waals surface area contributed by atoms with Gasteiger partial charge in [0.15, 0.2) is 0 Å². The molecule has 0 aromatic carbocycles. The van der Waals surface area contributed by atoms with E-state index in [1.807, 2.05) is 7.05 Å². The standard InChI is InChI=1S/C13H14F3N3O/c1-18-7-8-4-10(5-8)20-12-9(6-17)2-3-11(19-12)13(14,15)16/h2-3,8,10,18H,4-5,7H2,1H3. The van der Waals surface area contributed by atoms with Crippen LogP contribution in [0.3, 0.4) is 0 Å². The summed E-state index contributed by atoms with van der Waals surface area (Å²) in [5.41, 5.74) is -1.02. The number of nitrogens with zero attached hydrogens (tertiary/aromatic N) is 2. The Balaban J connectivity index is 2.09. The van der Waals surface area contributed by atoms with Crippen molar-refractivity contribution in [3.63, 3.8) is 0 Å². The number of halogens is 3. The van der Waals surface area contributed by atoms with Crippen LogP contribution in [0.4, 0.5) is 13.2 Å². The predicted molar refractivity (Wildman–Crippen MR) is 65.0 cm³/mol. The summed E-state index contributed by atoms with van der Waals surface area (Å²) in [6.45, 7) is 0.848. The van der Waals surface area contributed by atoms with Gasteiger partial charge in [0.1, 0.15) is 23.4 Å². The Morgan fingerprint density at radius 3 is 2.70 bits per heavy atom. The van der Waals surface area contributed by atoms with E-state index < -0.39 is 11.9 Å². The van der Waals surface area contributed by atoms with Crippen LogP contribution in [-0.4, -0.2) is 24.7 Å². The third kappa shape index (κ3) is 3.20. The minimum atomic E-state index is -4.54. The van der Waals surface area contributed by atoms with Crippen molar-refractivity contribution in [2.24, 2.45) is 5.92 Å². The molecular weight excluding hydrogens is 271 g/mol. The Bertz CT molecular complexity index is 519. The van der Waals surface area contributed by atoms with Crippen LogP contribution in [0.15, 0.2) is 12.1 Å². The molecule has 4 nitrogen and oxygen atoms in total. The fourth-order valence-electron chi connectivity index (χ4n) is 2.16. The van der Waals surface area contributed by atoms with Gasteiger partial charge in [0.2, 0.25) is 5.88 Å². The summed E-state index contributed by atoms with van der Waals surface area (Å²) in [6.07, 6.45) is -3.20. The van der Waals surface area contributed by atoms with E-state index in [0.717, 1.165) is 31.5 Å². The van der Waals surface area contributed by atoms with E-state index in [2.05, 4.69) is 10.3 Å². The van der Waals surface area contributed by atoms with Crippen LogP contribution in [0.5, 0.6) is 5.88 Å². The van der Waals surface area contributed by atoms with E-state index in [4.69, 9.17) is 10.00 Å². The van der Waals surface area contributed by atoms with Crippen LogP contribution in [0.1, 0.15) is 24.1 Å². The molecule has 0 bridgehead atoms. The molecular formula is C13H14F3N3O. The van der Waals surface area contributed by atoms with Crippen molar-refractivity contribution in [3.05, 3.63) is 23.4 Å². The van der Waals surface area contributed by atoms with Gasteiger partial charge >= 0.3 is 6.18 Å². The molecule has 0 aliphatic heterocycles. The molecule has 1 aromatic rings. The summed E-state index contributed by atoms with van der Waals surface area (Å²) in [5.74, 6) is 0.233. The van der Waals surface area contributed by atoms with Crippen LogP contribution in [0, 0.1) is 17.2 Å². The van der Waals surface area contributed by atoms with E-state index in [9.17, 15) is 13.2 Å². The van der Waals surface area contributed by atoms with Gasteiger partial charge in [-0.25, -0.2) is 4.98 Å². The SMILES string of the molecule is CNCC1CC(Oc2nc(C(F)(F)F)ccc2C#N)C1. The average Bonchev–Trinajstić information content (AvgIpc) is 2.35. The number of hydrogen-bond donors (Lipinski definition) is 1. The summed E-state index contributed by atoms with van der Waals surface area (Å²) in [6, 6.07) is 3.68. The Hall–Kier alpha value is -1.81. The summed E-state index contributed by atoms with van der Waals surface area (Å²) < 4.78 is 43.2. The zero-order chi connectivity index (χ0) is 14.8. The molecule has 1 heterocycles. The van der Waals surface area contributed by atoms with Crippen LogP contribution in [-0.2, 0) is 6.18 Å². The van der Waals surface area contributed by atoms with E-state index in [1.165, 1.54) is 0 Å². The number of aromatic nitrogens is 1. The first-order valence-corrected chi connectivity index (χ1v) is 6.23. The molecule has 1 saturated carbocycles. The van der Waals surface area contributed by atoms with Gasteiger partial charge in [-0.05, 0) is 44.5 Å². The minimum absolute atomic E-state index is 0.0232. The number of hydrogen-bond acceptors (Lipinski definition) is 4. The Morgan fingerprint density at radius 1 is 1.45 bits per heavy atom. The van der Waals surface area contributed by atoms with Crippen molar-refractivity contribution < 1.29 is 17.9 Å². The van der Waals surface area contributed by atoms with Gasteiger partial charge in [-0.1, -0.05) is 0 Å². The minimum Gasteiger partial charge on any atom is -0.473 e. The zero-order valence-corrected chi connectivity index (χ0v) is 10.9. The van der Waals surface area contributed by atoms with Gasteiger partial charge in [-0.15, -0.1) is 0 Å². The molecule has 1 fully saturated rings. The third-order valence-electron chi connectivity index (χ3n) is 3.23. The van der Waals surface area contributed by atoms with E-state index in [1.54, 1.807) is 6.07 Å². The molecule has 0 saturated heterocycles. The number of pyridine rings is 1. The molecule has 108 valence electrons. The molecule has 1 aliphatic carbocycles. The Kier molecular flexibility index (Phi) is 4.14. The quantitative estimate of drug-likeness (QED) is 0.922. The van der Waals surface area contributed by atoms with Crippen LogP contribution >= 0.6 is 0 Å². The second-order valence-corrected chi connectivity index (χ2v) is 4.79. The molecule has 0 spiro atoms. The first kappa shape index (κ1) is 14.6. The average molecular weight is 285 g/mol. The third-order valence-corrected chi connectivity index (χ3v) is 3.23. The maximum Gasteiger partial charge on any atom is 0.433 e. The second-order valence-electron chi connectivity index (χ2n) is 4.79. The summed E-state index contributed by atoms with van der Waals surface area (Å²) in [5, 5.41) is 11.9. The van der Waals surface area contributed by atoms with Crippen LogP contribution in [0.25, 0.3) is 0 Å². The Labute approximate surface area is 114 Å². The maximum atomic E-state index is 12.6. The number of alkyl halides is 3. The molecule has 0 radical (unpaired) electrons. The molecule has 0 amide bonds. The summed E-state index contributed by atoms with van der Waals surface area (Å²) >= 11 is 0. The highest BCUT2D eigenvalue weighted by atomic mass is 19.4. The largest absolute Gasteiger partial charge is 0.473 e. The molecule has 0 unspecified atom stereocenters. The van der Waals surface area contributed by atoms with E-state index in [0.29, 0.717) is 5.92 Å².